The monoisotopic (exact) mass is 298 g/mol. The van der Waals surface area contributed by atoms with Gasteiger partial charge in [0.25, 0.3) is 0 Å². The third kappa shape index (κ3) is 3.01. The average Bonchev–Trinajstić information content (AvgIpc) is 3.03. The van der Waals surface area contributed by atoms with E-state index in [1.165, 1.54) is 38.6 Å². The molecule has 19 heavy (non-hydrogen) atoms. The third-order valence-corrected chi connectivity index (χ3v) is 5.00. The van der Waals surface area contributed by atoms with E-state index in [4.69, 9.17) is 23.2 Å². The van der Waals surface area contributed by atoms with Gasteiger partial charge in [-0.1, -0.05) is 29.6 Å². The molecule has 4 heteroatoms. The number of halogens is 2. The number of nitrogens with one attached hydrogen (secondary N) is 2. The van der Waals surface area contributed by atoms with Crippen LogP contribution in [0.3, 0.4) is 0 Å². The van der Waals surface area contributed by atoms with Crippen LogP contribution in [0.4, 0.5) is 5.69 Å². The fourth-order valence-corrected chi connectivity index (χ4v) is 4.00. The molecule has 1 aliphatic carbocycles. The van der Waals surface area contributed by atoms with Crippen LogP contribution >= 0.6 is 23.2 Å². The van der Waals surface area contributed by atoms with Crippen molar-refractivity contribution in [2.75, 3.05) is 11.9 Å². The molecule has 3 unspecified atom stereocenters. The van der Waals surface area contributed by atoms with Gasteiger partial charge in [-0.2, -0.15) is 0 Å². The third-order valence-electron chi connectivity index (χ3n) is 4.46. The minimum atomic E-state index is 0.536. The van der Waals surface area contributed by atoms with E-state index in [1.807, 2.05) is 18.2 Å². The zero-order valence-corrected chi connectivity index (χ0v) is 12.5. The first-order valence-electron chi connectivity index (χ1n) is 7.19. The second-order valence-corrected chi connectivity index (χ2v) is 6.52. The van der Waals surface area contributed by atoms with Crippen LogP contribution in [0, 0.1) is 5.92 Å². The predicted molar refractivity (Wildman–Crippen MR) is 82.2 cm³/mol. The van der Waals surface area contributed by atoms with E-state index in [2.05, 4.69) is 10.6 Å². The summed E-state index contributed by atoms with van der Waals surface area (Å²) in [7, 11) is 0. The van der Waals surface area contributed by atoms with E-state index < -0.39 is 0 Å². The number of hydrogen-bond acceptors (Lipinski definition) is 2. The molecule has 1 heterocycles. The summed E-state index contributed by atoms with van der Waals surface area (Å²) in [6, 6.07) is 6.92. The first-order valence-corrected chi connectivity index (χ1v) is 7.94. The highest BCUT2D eigenvalue weighted by molar-refractivity contribution is 6.36. The van der Waals surface area contributed by atoms with Crippen LogP contribution in [0.25, 0.3) is 0 Å². The lowest BCUT2D eigenvalue weighted by atomic mass is 9.93. The minimum absolute atomic E-state index is 0.536. The van der Waals surface area contributed by atoms with E-state index in [0.717, 1.165) is 16.6 Å². The molecule has 3 atom stereocenters. The lowest BCUT2D eigenvalue weighted by Gasteiger charge is -2.27. The van der Waals surface area contributed by atoms with Gasteiger partial charge in [-0.05, 0) is 56.3 Å². The molecule has 1 saturated carbocycles. The Morgan fingerprint density at radius 1 is 1.11 bits per heavy atom. The lowest BCUT2D eigenvalue weighted by molar-refractivity contribution is 0.376. The smallest absolute Gasteiger partial charge is 0.0652 e. The van der Waals surface area contributed by atoms with Crippen molar-refractivity contribution in [2.45, 2.75) is 44.2 Å². The van der Waals surface area contributed by atoms with Crippen LogP contribution in [0.2, 0.25) is 10.0 Å². The highest BCUT2D eigenvalue weighted by atomic mass is 35.5. The van der Waals surface area contributed by atoms with Crippen molar-refractivity contribution in [3.8, 4) is 0 Å². The van der Waals surface area contributed by atoms with E-state index >= 15 is 0 Å². The average molecular weight is 299 g/mol. The van der Waals surface area contributed by atoms with Gasteiger partial charge in [0.1, 0.15) is 0 Å². The van der Waals surface area contributed by atoms with Crippen molar-refractivity contribution in [3.05, 3.63) is 28.2 Å². The second kappa shape index (κ2) is 5.90. The quantitative estimate of drug-likeness (QED) is 0.868. The fourth-order valence-electron chi connectivity index (χ4n) is 3.53. The van der Waals surface area contributed by atoms with Crippen LogP contribution in [-0.2, 0) is 0 Å². The molecular formula is C15H20Cl2N2. The van der Waals surface area contributed by atoms with Crippen LogP contribution in [0.1, 0.15) is 32.1 Å². The molecule has 1 aromatic carbocycles. The summed E-state index contributed by atoms with van der Waals surface area (Å²) in [5, 5.41) is 8.69. The van der Waals surface area contributed by atoms with Crippen LogP contribution < -0.4 is 10.6 Å². The van der Waals surface area contributed by atoms with Gasteiger partial charge in [-0.25, -0.2) is 0 Å². The summed E-state index contributed by atoms with van der Waals surface area (Å²) in [4.78, 5) is 0. The summed E-state index contributed by atoms with van der Waals surface area (Å²) in [6.45, 7) is 1.18. The summed E-state index contributed by atoms with van der Waals surface area (Å²) in [5.41, 5.74) is 1.01. The van der Waals surface area contributed by atoms with E-state index in [9.17, 15) is 0 Å². The molecule has 0 radical (unpaired) electrons. The molecule has 2 nitrogen and oxygen atoms in total. The maximum absolute atomic E-state index is 6.25. The topological polar surface area (TPSA) is 24.1 Å². The molecule has 1 aliphatic heterocycles. The Morgan fingerprint density at radius 2 is 2.00 bits per heavy atom. The molecular weight excluding hydrogens is 279 g/mol. The van der Waals surface area contributed by atoms with E-state index in [-0.39, 0.29) is 0 Å². The normalized spacial score (nSPS) is 30.7. The lowest BCUT2D eigenvalue weighted by Crippen LogP contribution is -2.38. The predicted octanol–water partition coefficient (Wildman–Crippen LogP) is 4.33. The maximum Gasteiger partial charge on any atom is 0.0652 e. The maximum atomic E-state index is 6.25. The molecule has 0 amide bonds. The van der Waals surface area contributed by atoms with Crippen LogP contribution in [-0.4, -0.2) is 18.6 Å². The Hall–Kier alpha value is -0.440. The van der Waals surface area contributed by atoms with Crippen molar-refractivity contribution < 1.29 is 0 Å². The summed E-state index contributed by atoms with van der Waals surface area (Å²) in [6.07, 6.45) is 6.50. The largest absolute Gasteiger partial charge is 0.381 e. The Balaban J connectivity index is 1.70. The molecule has 0 spiro atoms. The van der Waals surface area contributed by atoms with Crippen molar-refractivity contribution in [2.24, 2.45) is 5.92 Å². The zero-order chi connectivity index (χ0) is 13.2. The van der Waals surface area contributed by atoms with Crippen molar-refractivity contribution in [1.82, 2.24) is 5.32 Å². The van der Waals surface area contributed by atoms with Crippen molar-refractivity contribution >= 4 is 28.9 Å². The number of anilines is 1. The summed E-state index contributed by atoms with van der Waals surface area (Å²) < 4.78 is 0. The second-order valence-electron chi connectivity index (χ2n) is 5.67. The van der Waals surface area contributed by atoms with Crippen molar-refractivity contribution in [1.29, 1.82) is 0 Å². The van der Waals surface area contributed by atoms with Gasteiger partial charge >= 0.3 is 0 Å². The molecule has 2 fully saturated rings. The molecule has 0 aromatic heterocycles. The Morgan fingerprint density at radius 3 is 2.74 bits per heavy atom. The molecule has 104 valence electrons. The number of benzene rings is 1. The first-order chi connectivity index (χ1) is 9.24. The molecule has 0 bridgehead atoms. The van der Waals surface area contributed by atoms with Gasteiger partial charge in [-0.15, -0.1) is 0 Å². The Bertz CT molecular complexity index is 444. The van der Waals surface area contributed by atoms with Crippen LogP contribution in [0.15, 0.2) is 18.2 Å². The highest BCUT2D eigenvalue weighted by Crippen LogP contribution is 2.35. The van der Waals surface area contributed by atoms with Gasteiger partial charge in [0, 0.05) is 17.1 Å². The highest BCUT2D eigenvalue weighted by Gasteiger charge is 2.35. The summed E-state index contributed by atoms with van der Waals surface area (Å²) in [5.74, 6) is 0.731. The number of rotatable bonds is 3. The van der Waals surface area contributed by atoms with Gasteiger partial charge in [-0.3, -0.25) is 0 Å². The van der Waals surface area contributed by atoms with Gasteiger partial charge in [0.2, 0.25) is 0 Å². The zero-order valence-electron chi connectivity index (χ0n) is 11.0. The molecule has 2 N–H and O–H groups in total. The van der Waals surface area contributed by atoms with E-state index in [1.54, 1.807) is 0 Å². The SMILES string of the molecule is Clc1ccc(NC2CCCC2C2CCCN2)c(Cl)c1. The van der Waals surface area contributed by atoms with Crippen molar-refractivity contribution in [3.63, 3.8) is 0 Å². The Labute approximate surface area is 124 Å². The van der Waals surface area contributed by atoms with E-state index in [0.29, 0.717) is 17.1 Å². The molecule has 3 rings (SSSR count). The Kier molecular flexibility index (Phi) is 4.21. The molecule has 1 saturated heterocycles. The van der Waals surface area contributed by atoms with Gasteiger partial charge in [0.05, 0.1) is 10.7 Å². The number of hydrogen-bond donors (Lipinski definition) is 2. The van der Waals surface area contributed by atoms with Gasteiger partial charge in [0.15, 0.2) is 0 Å². The van der Waals surface area contributed by atoms with Crippen LogP contribution in [0.5, 0.6) is 0 Å². The van der Waals surface area contributed by atoms with Gasteiger partial charge < -0.3 is 10.6 Å². The molecule has 2 aliphatic rings. The summed E-state index contributed by atoms with van der Waals surface area (Å²) >= 11 is 12.2. The molecule has 1 aromatic rings. The first kappa shape index (κ1) is 13.5. The fraction of sp³-hybridized carbons (Fsp3) is 0.600. The standard InChI is InChI=1S/C15H20Cl2N2/c16-10-6-7-15(12(17)9-10)19-14-4-1-3-11(14)13-5-2-8-18-13/h6-7,9,11,13-14,18-19H,1-5,8H2. The minimum Gasteiger partial charge on any atom is -0.381 e.